The van der Waals surface area contributed by atoms with Crippen LogP contribution in [0.2, 0.25) is 10.0 Å². The van der Waals surface area contributed by atoms with Crippen LogP contribution in [-0.4, -0.2) is 39.1 Å². The maximum atomic E-state index is 9.44. The van der Waals surface area contributed by atoms with Crippen LogP contribution in [0.4, 0.5) is 0 Å². The van der Waals surface area contributed by atoms with E-state index in [9.17, 15) is 5.11 Å². The zero-order chi connectivity index (χ0) is 21.7. The van der Waals surface area contributed by atoms with E-state index in [-0.39, 0.29) is 18.2 Å². The highest BCUT2D eigenvalue weighted by Gasteiger charge is 2.39. The molecule has 0 aliphatic carbocycles. The van der Waals surface area contributed by atoms with Crippen molar-refractivity contribution in [1.29, 1.82) is 0 Å². The predicted molar refractivity (Wildman–Crippen MR) is 120 cm³/mol. The number of hydrogen-bond acceptors (Lipinski definition) is 5. The van der Waals surface area contributed by atoms with Gasteiger partial charge in [0.1, 0.15) is 0 Å². The summed E-state index contributed by atoms with van der Waals surface area (Å²) < 4.78 is 16.4. The molecule has 0 spiro atoms. The summed E-state index contributed by atoms with van der Waals surface area (Å²) in [6, 6.07) is 10.1. The second kappa shape index (κ2) is 10.1. The van der Waals surface area contributed by atoms with E-state index < -0.39 is 0 Å². The monoisotopic (exact) mass is 453 g/mol. The maximum absolute atomic E-state index is 9.44. The highest BCUT2D eigenvalue weighted by molar-refractivity contribution is 6.42. The Morgan fingerprint density at radius 3 is 2.30 bits per heavy atom. The molecule has 2 aromatic rings. The molecule has 2 N–H and O–H groups in total. The molecule has 2 unspecified atom stereocenters. The second-order valence-corrected chi connectivity index (χ2v) is 8.47. The zero-order valence-electron chi connectivity index (χ0n) is 17.6. The molecule has 30 heavy (non-hydrogen) atoms. The van der Waals surface area contributed by atoms with E-state index in [0.717, 1.165) is 36.8 Å². The fourth-order valence-corrected chi connectivity index (χ4v) is 4.69. The summed E-state index contributed by atoms with van der Waals surface area (Å²) in [5, 5.41) is 14.4. The Labute approximate surface area is 188 Å². The van der Waals surface area contributed by atoms with Gasteiger partial charge in [-0.25, -0.2) is 0 Å². The molecule has 0 aromatic heterocycles. The van der Waals surface area contributed by atoms with Crippen LogP contribution in [0.15, 0.2) is 30.3 Å². The first-order valence-electron chi connectivity index (χ1n) is 10.1. The number of nitrogens with one attached hydrogen (secondary N) is 1. The smallest absolute Gasteiger partial charge is 0.203 e. The minimum atomic E-state index is -0.234. The van der Waals surface area contributed by atoms with Crippen molar-refractivity contribution < 1.29 is 19.3 Å². The van der Waals surface area contributed by atoms with Crippen LogP contribution in [-0.2, 0) is 12.0 Å². The number of halogens is 2. The van der Waals surface area contributed by atoms with E-state index in [1.165, 1.54) is 0 Å². The van der Waals surface area contributed by atoms with Crippen molar-refractivity contribution >= 4 is 23.2 Å². The molecule has 164 valence electrons. The second-order valence-electron chi connectivity index (χ2n) is 7.66. The molecule has 0 amide bonds. The lowest BCUT2D eigenvalue weighted by atomic mass is 9.84. The minimum absolute atomic E-state index is 0.155. The summed E-state index contributed by atoms with van der Waals surface area (Å²) in [5.74, 6) is 1.90. The topological polar surface area (TPSA) is 60.0 Å². The van der Waals surface area contributed by atoms with Gasteiger partial charge in [-0.05, 0) is 67.5 Å². The number of methoxy groups -OCH3 is 3. The molecular weight excluding hydrogens is 425 g/mol. The molecular formula is C23H29Cl2NO4. The summed E-state index contributed by atoms with van der Waals surface area (Å²) in [7, 11) is 4.85. The zero-order valence-corrected chi connectivity index (χ0v) is 19.1. The summed E-state index contributed by atoms with van der Waals surface area (Å²) in [4.78, 5) is 0. The third-order valence-corrected chi connectivity index (χ3v) is 6.58. The largest absolute Gasteiger partial charge is 0.493 e. The van der Waals surface area contributed by atoms with E-state index in [4.69, 9.17) is 37.4 Å². The van der Waals surface area contributed by atoms with E-state index in [0.29, 0.717) is 33.7 Å². The first-order valence-corrected chi connectivity index (χ1v) is 10.8. The molecule has 1 aliphatic rings. The van der Waals surface area contributed by atoms with Crippen LogP contribution in [0.5, 0.6) is 17.2 Å². The van der Waals surface area contributed by atoms with E-state index in [2.05, 4.69) is 5.32 Å². The van der Waals surface area contributed by atoms with Gasteiger partial charge in [0.15, 0.2) is 11.5 Å². The Kier molecular flexibility index (Phi) is 7.75. The van der Waals surface area contributed by atoms with Gasteiger partial charge in [-0.2, -0.15) is 0 Å². The van der Waals surface area contributed by atoms with Crippen molar-refractivity contribution in [3.63, 3.8) is 0 Å². The fourth-order valence-electron chi connectivity index (χ4n) is 4.39. The van der Waals surface area contributed by atoms with Gasteiger partial charge in [0.2, 0.25) is 5.75 Å². The van der Waals surface area contributed by atoms with E-state index in [1.54, 1.807) is 21.3 Å². The Morgan fingerprint density at radius 1 is 1.03 bits per heavy atom. The summed E-state index contributed by atoms with van der Waals surface area (Å²) in [5.41, 5.74) is 1.98. The number of benzene rings is 2. The maximum Gasteiger partial charge on any atom is 0.203 e. The van der Waals surface area contributed by atoms with Crippen molar-refractivity contribution in [2.45, 2.75) is 43.7 Å². The van der Waals surface area contributed by atoms with Gasteiger partial charge in [0.25, 0.3) is 0 Å². The Bertz CT molecular complexity index is 851. The molecule has 0 radical (unpaired) electrons. The lowest BCUT2D eigenvalue weighted by molar-refractivity contribution is 0.247. The quantitative estimate of drug-likeness (QED) is 0.560. The standard InChI is InChI=1S/C23H29Cl2NO4/c1-28-20-12-15(13-21(29-2)22(20)30-3)11-17-7-9-23(26-17,8-4-10-27)16-5-6-18(24)19(25)14-16/h5-6,12-14,17,26-27H,4,7-11H2,1-3H3. The molecule has 3 rings (SSSR count). The van der Waals surface area contributed by atoms with Crippen LogP contribution >= 0.6 is 23.2 Å². The minimum Gasteiger partial charge on any atom is -0.493 e. The van der Waals surface area contributed by atoms with Gasteiger partial charge >= 0.3 is 0 Å². The molecule has 5 nitrogen and oxygen atoms in total. The number of rotatable bonds is 9. The first kappa shape index (κ1) is 23.0. The van der Waals surface area contributed by atoms with Crippen LogP contribution in [0.3, 0.4) is 0 Å². The van der Waals surface area contributed by atoms with Crippen LogP contribution in [0.1, 0.15) is 36.8 Å². The lowest BCUT2D eigenvalue weighted by Crippen LogP contribution is -2.41. The summed E-state index contributed by atoms with van der Waals surface area (Å²) >= 11 is 12.4. The number of aliphatic hydroxyl groups excluding tert-OH is 1. The average molecular weight is 454 g/mol. The van der Waals surface area contributed by atoms with Gasteiger partial charge in [0, 0.05) is 18.2 Å². The van der Waals surface area contributed by atoms with Gasteiger partial charge < -0.3 is 24.6 Å². The van der Waals surface area contributed by atoms with Gasteiger partial charge in [-0.1, -0.05) is 29.3 Å². The molecule has 2 aromatic carbocycles. The third-order valence-electron chi connectivity index (χ3n) is 5.84. The summed E-state index contributed by atoms with van der Waals surface area (Å²) in [6.07, 6.45) is 4.32. The molecule has 1 aliphatic heterocycles. The van der Waals surface area contributed by atoms with Crippen molar-refractivity contribution in [1.82, 2.24) is 5.32 Å². The molecule has 1 fully saturated rings. The summed E-state index contributed by atoms with van der Waals surface area (Å²) in [6.45, 7) is 0.155. The van der Waals surface area contributed by atoms with Gasteiger partial charge in [0.05, 0.1) is 31.4 Å². The predicted octanol–water partition coefficient (Wildman–Crippen LogP) is 4.98. The molecule has 1 heterocycles. The van der Waals surface area contributed by atoms with Crippen LogP contribution in [0.25, 0.3) is 0 Å². The van der Waals surface area contributed by atoms with E-state index >= 15 is 0 Å². The number of aliphatic hydroxyl groups is 1. The molecule has 2 atom stereocenters. The SMILES string of the molecule is COc1cc(CC2CCC(CCCO)(c3ccc(Cl)c(Cl)c3)N2)cc(OC)c1OC. The molecule has 7 heteroatoms. The molecule has 0 saturated carbocycles. The van der Waals surface area contributed by atoms with Crippen molar-refractivity contribution in [2.24, 2.45) is 0 Å². The third kappa shape index (κ3) is 4.80. The van der Waals surface area contributed by atoms with E-state index in [1.807, 2.05) is 30.3 Å². The highest BCUT2D eigenvalue weighted by Crippen LogP contribution is 2.42. The average Bonchev–Trinajstić information content (AvgIpc) is 3.17. The number of ether oxygens (including phenoxy) is 3. The van der Waals surface area contributed by atoms with Crippen LogP contribution in [0, 0.1) is 0 Å². The first-order chi connectivity index (χ1) is 14.5. The number of hydrogen-bond donors (Lipinski definition) is 2. The van der Waals surface area contributed by atoms with Gasteiger partial charge in [-0.3, -0.25) is 0 Å². The Balaban J connectivity index is 1.85. The highest BCUT2D eigenvalue weighted by atomic mass is 35.5. The molecule has 0 bridgehead atoms. The van der Waals surface area contributed by atoms with Crippen LogP contribution < -0.4 is 19.5 Å². The fraction of sp³-hybridized carbons (Fsp3) is 0.478. The normalized spacial score (nSPS) is 20.9. The van der Waals surface area contributed by atoms with Gasteiger partial charge in [-0.15, -0.1) is 0 Å². The molecule has 1 saturated heterocycles. The Morgan fingerprint density at radius 2 is 1.73 bits per heavy atom. The van der Waals surface area contributed by atoms with Crippen molar-refractivity contribution in [3.05, 3.63) is 51.5 Å². The Hall–Kier alpha value is -1.66. The lowest BCUT2D eigenvalue weighted by Gasteiger charge is -2.32. The van der Waals surface area contributed by atoms with Crippen molar-refractivity contribution in [3.8, 4) is 17.2 Å². The van der Waals surface area contributed by atoms with Crippen molar-refractivity contribution in [2.75, 3.05) is 27.9 Å².